The molecule has 1 aromatic rings. The Morgan fingerprint density at radius 3 is 2.50 bits per heavy atom. The maximum atomic E-state index is 10.6. The van der Waals surface area contributed by atoms with Crippen LogP contribution >= 0.6 is 11.6 Å². The summed E-state index contributed by atoms with van der Waals surface area (Å²) >= 11 is 5.40. The number of halogens is 1. The lowest BCUT2D eigenvalue weighted by Crippen LogP contribution is -1.98. The van der Waals surface area contributed by atoms with E-state index >= 15 is 0 Å². The van der Waals surface area contributed by atoms with Gasteiger partial charge in [-0.2, -0.15) is 8.42 Å². The Morgan fingerprint density at radius 1 is 1.50 bits per heavy atom. The Kier molecular flexibility index (Phi) is 2.27. The van der Waals surface area contributed by atoms with Crippen LogP contribution in [0.2, 0.25) is 5.02 Å². The topological polar surface area (TPSA) is 74.6 Å². The van der Waals surface area contributed by atoms with Crippen LogP contribution in [0.4, 0.5) is 0 Å². The zero-order valence-corrected chi connectivity index (χ0v) is 7.22. The van der Waals surface area contributed by atoms with Gasteiger partial charge in [0.05, 0.1) is 5.02 Å². The molecule has 0 aromatic heterocycles. The first-order valence-corrected chi connectivity index (χ1v) is 4.61. The highest BCUT2D eigenvalue weighted by atomic mass is 35.5. The molecule has 2 N–H and O–H groups in total. The zero-order valence-electron chi connectivity index (χ0n) is 5.65. The third-order valence-electron chi connectivity index (χ3n) is 1.13. The van der Waals surface area contributed by atoms with Crippen molar-refractivity contribution in [2.45, 2.75) is 4.90 Å². The van der Waals surface area contributed by atoms with Crippen LogP contribution in [0.3, 0.4) is 0 Å². The fourth-order valence-electron chi connectivity index (χ4n) is 0.641. The molecule has 0 fully saturated rings. The number of phenols is 1. The Morgan fingerprint density at radius 2 is 2.08 bits per heavy atom. The molecule has 0 unspecified atom stereocenters. The number of benzene rings is 1. The number of phenolic OH excluding ortho intramolecular Hbond substituents is 1. The Balaban J connectivity index is 3.43. The average molecular weight is 208 g/mol. The first-order chi connectivity index (χ1) is 5.41. The highest BCUT2D eigenvalue weighted by Gasteiger charge is 2.14. The van der Waals surface area contributed by atoms with E-state index in [1.54, 1.807) is 0 Å². The van der Waals surface area contributed by atoms with Crippen molar-refractivity contribution in [3.63, 3.8) is 0 Å². The van der Waals surface area contributed by atoms with Crippen molar-refractivity contribution in [2.24, 2.45) is 0 Å². The summed E-state index contributed by atoms with van der Waals surface area (Å²) in [5.74, 6) is -0.396. The molecule has 1 radical (unpaired) electrons. The van der Waals surface area contributed by atoms with Gasteiger partial charge in [0.15, 0.2) is 0 Å². The first-order valence-electron chi connectivity index (χ1n) is 2.79. The van der Waals surface area contributed by atoms with Gasteiger partial charge in [-0.15, -0.1) is 0 Å². The maximum Gasteiger partial charge on any atom is 0.296 e. The molecule has 6 heteroatoms. The molecule has 0 aliphatic carbocycles. The minimum Gasteiger partial charge on any atom is -0.507 e. The van der Waals surface area contributed by atoms with E-state index in [-0.39, 0.29) is 5.02 Å². The number of hydrogen-bond donors (Lipinski definition) is 2. The van der Waals surface area contributed by atoms with Gasteiger partial charge < -0.3 is 5.11 Å². The maximum absolute atomic E-state index is 10.6. The Labute approximate surface area is 74.2 Å². The van der Waals surface area contributed by atoms with Crippen molar-refractivity contribution in [2.75, 3.05) is 0 Å². The van der Waals surface area contributed by atoms with Gasteiger partial charge in [-0.1, -0.05) is 11.6 Å². The molecule has 0 aliphatic rings. The lowest BCUT2D eigenvalue weighted by Gasteiger charge is -1.99. The summed E-state index contributed by atoms with van der Waals surface area (Å²) in [6, 6.07) is 4.13. The highest BCUT2D eigenvalue weighted by molar-refractivity contribution is 7.86. The summed E-state index contributed by atoms with van der Waals surface area (Å²) in [5, 5.41) is 8.63. The van der Waals surface area contributed by atoms with E-state index in [1.165, 1.54) is 0 Å². The number of aromatic hydroxyl groups is 1. The van der Waals surface area contributed by atoms with E-state index in [4.69, 9.17) is 21.3 Å². The highest BCUT2D eigenvalue weighted by Crippen LogP contribution is 2.24. The van der Waals surface area contributed by atoms with Crippen molar-refractivity contribution >= 4 is 21.7 Å². The molecule has 1 rings (SSSR count). The van der Waals surface area contributed by atoms with Crippen LogP contribution in [0.1, 0.15) is 0 Å². The summed E-state index contributed by atoms with van der Waals surface area (Å²) < 4.78 is 29.7. The predicted molar refractivity (Wildman–Crippen MR) is 41.8 cm³/mol. The molecule has 1 aromatic carbocycles. The molecule has 0 saturated carbocycles. The largest absolute Gasteiger partial charge is 0.507 e. The molecule has 0 bridgehead atoms. The molecule has 4 nitrogen and oxygen atoms in total. The van der Waals surface area contributed by atoms with Crippen LogP contribution in [-0.4, -0.2) is 18.1 Å². The summed E-state index contributed by atoms with van der Waals surface area (Å²) in [7, 11) is -4.37. The molecule has 0 spiro atoms. The van der Waals surface area contributed by atoms with Crippen LogP contribution < -0.4 is 0 Å². The molecule has 0 atom stereocenters. The van der Waals surface area contributed by atoms with Crippen molar-refractivity contribution in [3.05, 3.63) is 23.2 Å². The van der Waals surface area contributed by atoms with Gasteiger partial charge in [-0.25, -0.2) is 0 Å². The quantitative estimate of drug-likeness (QED) is 0.676. The van der Waals surface area contributed by atoms with Crippen LogP contribution in [0.15, 0.2) is 17.0 Å². The lowest BCUT2D eigenvalue weighted by atomic mass is 10.3. The van der Waals surface area contributed by atoms with Gasteiger partial charge in [0, 0.05) is 12.1 Å². The monoisotopic (exact) mass is 207 g/mol. The second kappa shape index (κ2) is 2.93. The standard InChI is InChI=1S/C6H4ClO4S/c7-5-2-1-4(8)3-6(5)12(9,10)11/h2-3,8H,(H,9,10,11). The zero-order chi connectivity index (χ0) is 9.35. The molecule has 0 heterocycles. The van der Waals surface area contributed by atoms with Crippen LogP contribution in [0.5, 0.6) is 5.75 Å². The normalized spacial score (nSPS) is 11.5. The smallest absolute Gasteiger partial charge is 0.296 e. The van der Waals surface area contributed by atoms with Gasteiger partial charge in [0.2, 0.25) is 0 Å². The van der Waals surface area contributed by atoms with Gasteiger partial charge in [0.25, 0.3) is 10.1 Å². The Hall–Kier alpha value is -0.780. The first kappa shape index (κ1) is 9.31. The molecule has 12 heavy (non-hydrogen) atoms. The second-order valence-electron chi connectivity index (χ2n) is 2.01. The predicted octanol–water partition coefficient (Wildman–Crippen LogP) is 1.09. The van der Waals surface area contributed by atoms with Crippen LogP contribution in [0, 0.1) is 6.07 Å². The molecular weight excluding hydrogens is 204 g/mol. The van der Waals surface area contributed by atoms with E-state index in [2.05, 4.69) is 6.07 Å². The average Bonchev–Trinajstić information content (AvgIpc) is 1.92. The van der Waals surface area contributed by atoms with Crippen molar-refractivity contribution in [1.82, 2.24) is 0 Å². The minimum atomic E-state index is -4.37. The van der Waals surface area contributed by atoms with Gasteiger partial charge >= 0.3 is 0 Å². The molecule has 0 aliphatic heterocycles. The summed E-state index contributed by atoms with van der Waals surface area (Å²) in [6.45, 7) is 0. The number of rotatable bonds is 1. The molecule has 0 saturated heterocycles. The second-order valence-corrected chi connectivity index (χ2v) is 3.80. The van der Waals surface area contributed by atoms with Gasteiger partial charge in [-0.3, -0.25) is 4.55 Å². The van der Waals surface area contributed by atoms with Crippen LogP contribution in [-0.2, 0) is 10.1 Å². The number of hydrogen-bond acceptors (Lipinski definition) is 3. The van der Waals surface area contributed by atoms with Gasteiger partial charge in [-0.05, 0) is 6.07 Å². The summed E-state index contributed by atoms with van der Waals surface area (Å²) in [6.07, 6.45) is 0. The fraction of sp³-hybridized carbons (Fsp3) is 0. The summed E-state index contributed by atoms with van der Waals surface area (Å²) in [4.78, 5) is -0.527. The third kappa shape index (κ3) is 1.88. The minimum absolute atomic E-state index is 0.185. The Bertz CT molecular complexity index is 398. The van der Waals surface area contributed by atoms with Crippen molar-refractivity contribution < 1.29 is 18.1 Å². The van der Waals surface area contributed by atoms with E-state index in [1.807, 2.05) is 0 Å². The SMILES string of the molecule is O=S(=O)(O)c1cc(O)[c]cc1Cl. The van der Waals surface area contributed by atoms with Crippen molar-refractivity contribution in [1.29, 1.82) is 0 Å². The van der Waals surface area contributed by atoms with E-state index in [9.17, 15) is 8.42 Å². The molecule has 65 valence electrons. The van der Waals surface area contributed by atoms with E-state index < -0.39 is 20.8 Å². The van der Waals surface area contributed by atoms with E-state index in [0.29, 0.717) is 0 Å². The fourth-order valence-corrected chi connectivity index (χ4v) is 1.61. The van der Waals surface area contributed by atoms with Gasteiger partial charge in [0.1, 0.15) is 10.6 Å². The third-order valence-corrected chi connectivity index (χ3v) is 2.45. The molecule has 0 amide bonds. The van der Waals surface area contributed by atoms with E-state index in [0.717, 1.165) is 12.1 Å². The van der Waals surface area contributed by atoms with Crippen LogP contribution in [0.25, 0.3) is 0 Å². The molecular formula is C6H4ClO4S. The lowest BCUT2D eigenvalue weighted by molar-refractivity contribution is 0.465. The van der Waals surface area contributed by atoms with Crippen molar-refractivity contribution in [3.8, 4) is 5.75 Å². The summed E-state index contributed by atoms with van der Waals surface area (Å²) in [5.41, 5.74) is 0.